The van der Waals surface area contributed by atoms with E-state index < -0.39 is 0 Å². The predicted octanol–water partition coefficient (Wildman–Crippen LogP) is 1.85. The first-order valence-corrected chi connectivity index (χ1v) is 5.98. The molecule has 2 N–H and O–H groups in total. The zero-order valence-electron chi connectivity index (χ0n) is 8.57. The zero-order chi connectivity index (χ0) is 10.9. The normalized spacial score (nSPS) is 9.80. The molecular weight excluding hydrogens is 206 g/mol. The second-order valence-electron chi connectivity index (χ2n) is 3.10. The molecule has 0 aliphatic heterocycles. The maximum absolute atomic E-state index is 9.08. The molecule has 0 aliphatic rings. The minimum Gasteiger partial charge on any atom is -0.508 e. The predicted molar refractivity (Wildman–Crippen MR) is 66.0 cm³/mol. The summed E-state index contributed by atoms with van der Waals surface area (Å²) >= 11 is 1.75. The molecule has 0 radical (unpaired) electrons. The Morgan fingerprint density at radius 3 is 2.73 bits per heavy atom. The van der Waals surface area contributed by atoms with E-state index in [0.717, 1.165) is 24.6 Å². The van der Waals surface area contributed by atoms with Crippen LogP contribution in [0.1, 0.15) is 5.56 Å². The fourth-order valence-corrected chi connectivity index (χ4v) is 1.67. The van der Waals surface area contributed by atoms with Gasteiger partial charge in [-0.15, -0.1) is 18.2 Å². The lowest BCUT2D eigenvalue weighted by Crippen LogP contribution is -2.16. The van der Waals surface area contributed by atoms with Crippen LogP contribution in [-0.4, -0.2) is 23.2 Å². The maximum Gasteiger partial charge on any atom is 0.115 e. The van der Waals surface area contributed by atoms with E-state index in [-0.39, 0.29) is 0 Å². The molecule has 1 aromatic rings. The van der Waals surface area contributed by atoms with E-state index in [1.54, 1.807) is 23.9 Å². The number of benzene rings is 1. The highest BCUT2D eigenvalue weighted by molar-refractivity contribution is 7.99. The summed E-state index contributed by atoms with van der Waals surface area (Å²) in [6.45, 7) is 1.78. The van der Waals surface area contributed by atoms with Crippen LogP contribution in [0.2, 0.25) is 0 Å². The molecule has 1 rings (SSSR count). The monoisotopic (exact) mass is 221 g/mol. The lowest BCUT2D eigenvalue weighted by Gasteiger charge is -2.04. The third-order valence-electron chi connectivity index (χ3n) is 1.87. The van der Waals surface area contributed by atoms with Crippen molar-refractivity contribution in [2.24, 2.45) is 0 Å². The van der Waals surface area contributed by atoms with Crippen molar-refractivity contribution in [3.63, 3.8) is 0 Å². The molecule has 0 heterocycles. The standard InChI is InChI=1S/C12H15NOS/c1-2-8-15-9-7-13-10-11-3-5-12(14)6-4-11/h1,3-6,13-14H,7-10H2. The van der Waals surface area contributed by atoms with Gasteiger partial charge in [0.1, 0.15) is 5.75 Å². The van der Waals surface area contributed by atoms with Crippen LogP contribution in [-0.2, 0) is 6.54 Å². The maximum atomic E-state index is 9.08. The Hall–Kier alpha value is -1.11. The van der Waals surface area contributed by atoms with Crippen molar-refractivity contribution >= 4 is 11.8 Å². The lowest BCUT2D eigenvalue weighted by molar-refractivity contribution is 0.475. The molecule has 0 saturated carbocycles. The third kappa shape index (κ3) is 5.36. The first-order valence-electron chi connectivity index (χ1n) is 4.83. The molecule has 0 spiro atoms. The highest BCUT2D eigenvalue weighted by Crippen LogP contribution is 2.09. The van der Waals surface area contributed by atoms with Crippen molar-refractivity contribution in [3.05, 3.63) is 29.8 Å². The number of hydrogen-bond donors (Lipinski definition) is 2. The number of hydrogen-bond acceptors (Lipinski definition) is 3. The topological polar surface area (TPSA) is 32.3 Å². The van der Waals surface area contributed by atoms with Crippen LogP contribution in [0, 0.1) is 12.3 Å². The summed E-state index contributed by atoms with van der Waals surface area (Å²) in [4.78, 5) is 0. The molecule has 0 fully saturated rings. The van der Waals surface area contributed by atoms with E-state index in [0.29, 0.717) is 5.75 Å². The molecule has 80 valence electrons. The average Bonchev–Trinajstić information content (AvgIpc) is 2.26. The molecule has 0 aliphatic carbocycles. The van der Waals surface area contributed by atoms with Gasteiger partial charge in [0.25, 0.3) is 0 Å². The van der Waals surface area contributed by atoms with Gasteiger partial charge in [-0.25, -0.2) is 0 Å². The quantitative estimate of drug-likeness (QED) is 0.568. The number of aromatic hydroxyl groups is 1. The summed E-state index contributed by atoms with van der Waals surface area (Å²) < 4.78 is 0. The SMILES string of the molecule is C#CCSCCNCc1ccc(O)cc1. The molecule has 0 saturated heterocycles. The first kappa shape index (κ1) is 12.0. The number of phenols is 1. The summed E-state index contributed by atoms with van der Waals surface area (Å²) in [5.74, 6) is 4.71. The second kappa shape index (κ2) is 7.22. The van der Waals surface area contributed by atoms with E-state index in [9.17, 15) is 0 Å². The van der Waals surface area contributed by atoms with E-state index in [1.165, 1.54) is 5.56 Å². The van der Waals surface area contributed by atoms with Gasteiger partial charge in [0.05, 0.1) is 5.75 Å². The molecule has 2 nitrogen and oxygen atoms in total. The van der Waals surface area contributed by atoms with E-state index in [2.05, 4.69) is 11.2 Å². The Morgan fingerprint density at radius 2 is 2.07 bits per heavy atom. The molecule has 1 aromatic carbocycles. The molecule has 0 amide bonds. The van der Waals surface area contributed by atoms with Gasteiger partial charge >= 0.3 is 0 Å². The van der Waals surface area contributed by atoms with E-state index in [4.69, 9.17) is 11.5 Å². The van der Waals surface area contributed by atoms with E-state index >= 15 is 0 Å². The van der Waals surface area contributed by atoms with Crippen molar-refractivity contribution in [3.8, 4) is 18.1 Å². The Labute approximate surface area is 95.1 Å². The third-order valence-corrected chi connectivity index (χ3v) is 2.74. The first-order chi connectivity index (χ1) is 7.33. The Bertz CT molecular complexity index is 315. The highest BCUT2D eigenvalue weighted by atomic mass is 32.2. The second-order valence-corrected chi connectivity index (χ2v) is 4.21. The minimum atomic E-state index is 0.309. The van der Waals surface area contributed by atoms with Gasteiger partial charge in [-0.3, -0.25) is 0 Å². The van der Waals surface area contributed by atoms with Crippen molar-refractivity contribution < 1.29 is 5.11 Å². The van der Waals surface area contributed by atoms with Crippen LogP contribution in [0.3, 0.4) is 0 Å². The summed E-state index contributed by atoms with van der Waals surface area (Å²) in [6.07, 6.45) is 5.13. The fourth-order valence-electron chi connectivity index (χ4n) is 1.12. The summed E-state index contributed by atoms with van der Waals surface area (Å²) in [7, 11) is 0. The fraction of sp³-hybridized carbons (Fsp3) is 0.333. The smallest absolute Gasteiger partial charge is 0.115 e. The van der Waals surface area contributed by atoms with Crippen molar-refractivity contribution in [1.29, 1.82) is 0 Å². The van der Waals surface area contributed by atoms with Crippen LogP contribution in [0.5, 0.6) is 5.75 Å². The van der Waals surface area contributed by atoms with Crippen LogP contribution in [0.25, 0.3) is 0 Å². The molecular formula is C12H15NOS. The Kier molecular flexibility index (Phi) is 5.76. The van der Waals surface area contributed by atoms with Crippen LogP contribution in [0.4, 0.5) is 0 Å². The van der Waals surface area contributed by atoms with Gasteiger partial charge < -0.3 is 10.4 Å². The summed E-state index contributed by atoms with van der Waals surface area (Å²) in [5.41, 5.74) is 1.18. The number of thioether (sulfide) groups is 1. The molecule has 15 heavy (non-hydrogen) atoms. The van der Waals surface area contributed by atoms with Gasteiger partial charge in [-0.2, -0.15) is 0 Å². The van der Waals surface area contributed by atoms with Gasteiger partial charge in [-0.1, -0.05) is 18.1 Å². The number of nitrogens with one attached hydrogen (secondary N) is 1. The number of terminal acetylenes is 1. The number of rotatable bonds is 6. The van der Waals surface area contributed by atoms with Gasteiger partial charge in [-0.05, 0) is 17.7 Å². The zero-order valence-corrected chi connectivity index (χ0v) is 9.39. The van der Waals surface area contributed by atoms with Crippen LogP contribution >= 0.6 is 11.8 Å². The van der Waals surface area contributed by atoms with Crippen molar-refractivity contribution in [2.75, 3.05) is 18.1 Å². The largest absolute Gasteiger partial charge is 0.508 e. The Balaban J connectivity index is 2.10. The van der Waals surface area contributed by atoms with Crippen LogP contribution in [0.15, 0.2) is 24.3 Å². The molecule has 0 atom stereocenters. The summed E-state index contributed by atoms with van der Waals surface area (Å²) in [5, 5.41) is 12.4. The minimum absolute atomic E-state index is 0.309. The van der Waals surface area contributed by atoms with Gasteiger partial charge in [0.15, 0.2) is 0 Å². The number of phenolic OH excluding ortho intramolecular Hbond substituents is 1. The van der Waals surface area contributed by atoms with Crippen molar-refractivity contribution in [2.45, 2.75) is 6.54 Å². The van der Waals surface area contributed by atoms with Gasteiger partial charge in [0, 0.05) is 18.8 Å². The Morgan fingerprint density at radius 1 is 1.33 bits per heavy atom. The van der Waals surface area contributed by atoms with Gasteiger partial charge in [0.2, 0.25) is 0 Å². The molecule has 0 unspecified atom stereocenters. The van der Waals surface area contributed by atoms with E-state index in [1.807, 2.05) is 12.1 Å². The summed E-state index contributed by atoms with van der Waals surface area (Å²) in [6, 6.07) is 7.22. The average molecular weight is 221 g/mol. The molecule has 0 bridgehead atoms. The molecule has 0 aromatic heterocycles. The molecule has 3 heteroatoms. The highest BCUT2D eigenvalue weighted by Gasteiger charge is 1.92. The van der Waals surface area contributed by atoms with Crippen LogP contribution < -0.4 is 5.32 Å². The lowest BCUT2D eigenvalue weighted by atomic mass is 10.2. The van der Waals surface area contributed by atoms with Crippen molar-refractivity contribution in [1.82, 2.24) is 5.32 Å².